The Labute approximate surface area is 181 Å². The van der Waals surface area contributed by atoms with Crippen LogP contribution in [0.25, 0.3) is 0 Å². The third-order valence-electron chi connectivity index (χ3n) is 5.58. The van der Waals surface area contributed by atoms with Gasteiger partial charge in [-0.05, 0) is 36.3 Å². The lowest BCUT2D eigenvalue weighted by Crippen LogP contribution is -2.47. The van der Waals surface area contributed by atoms with Crippen molar-refractivity contribution in [3.63, 3.8) is 0 Å². The van der Waals surface area contributed by atoms with E-state index in [2.05, 4.69) is 9.62 Å². The number of sulfonamides is 1. The van der Waals surface area contributed by atoms with Gasteiger partial charge in [-0.25, -0.2) is 13.1 Å². The van der Waals surface area contributed by atoms with Gasteiger partial charge >= 0.3 is 0 Å². The number of nitrogens with zero attached hydrogens (tertiary/aromatic N) is 2. The summed E-state index contributed by atoms with van der Waals surface area (Å²) in [7, 11) is -3.47. The average Bonchev–Trinajstić information content (AvgIpc) is 3.22. The number of nitrogens with one attached hydrogen (secondary N) is 1. The highest BCUT2D eigenvalue weighted by molar-refractivity contribution is 7.91. The first-order valence-corrected chi connectivity index (χ1v) is 12.6. The second-order valence-electron chi connectivity index (χ2n) is 7.80. The number of hydrogen-bond acceptors (Lipinski definition) is 6. The van der Waals surface area contributed by atoms with Gasteiger partial charge in [0, 0.05) is 38.3 Å². The number of carbonyl (C=O) groups is 1. The summed E-state index contributed by atoms with van der Waals surface area (Å²) in [6.07, 6.45) is 1.81. The summed E-state index contributed by atoms with van der Waals surface area (Å²) in [6.45, 7) is 4.00. The van der Waals surface area contributed by atoms with E-state index < -0.39 is 10.0 Å². The first kappa shape index (κ1) is 21.3. The van der Waals surface area contributed by atoms with Crippen LogP contribution in [0.4, 0.5) is 0 Å². The number of para-hydroxylation sites is 1. The maximum absolute atomic E-state index is 12.9. The number of piperidine rings is 1. The molecule has 1 amide bonds. The Balaban J connectivity index is 1.30. The molecular weight excluding hydrogens is 422 g/mol. The fraction of sp³-hybridized carbons (Fsp3) is 0.476. The molecule has 0 radical (unpaired) electrons. The maximum Gasteiger partial charge on any atom is 0.250 e. The highest BCUT2D eigenvalue weighted by atomic mass is 32.2. The molecule has 3 heterocycles. The van der Waals surface area contributed by atoms with E-state index in [9.17, 15) is 13.2 Å². The zero-order valence-corrected chi connectivity index (χ0v) is 18.5. The van der Waals surface area contributed by atoms with Crippen LogP contribution in [0, 0.1) is 5.92 Å². The SMILES string of the molecule is O=C(CN1CCOc2ccccc2C1)N1CCC[C@@H](CNS(=O)(=O)c2cccs2)C1. The molecule has 0 unspecified atom stereocenters. The molecule has 30 heavy (non-hydrogen) atoms. The number of rotatable bonds is 6. The zero-order valence-electron chi connectivity index (χ0n) is 16.8. The largest absolute Gasteiger partial charge is 0.492 e. The Hall–Kier alpha value is -1.94. The van der Waals surface area contributed by atoms with Crippen LogP contribution >= 0.6 is 11.3 Å². The molecule has 1 N–H and O–H groups in total. The van der Waals surface area contributed by atoms with Crippen LogP contribution in [0.15, 0.2) is 46.0 Å². The van der Waals surface area contributed by atoms with Gasteiger partial charge in [-0.2, -0.15) is 0 Å². The van der Waals surface area contributed by atoms with E-state index in [-0.39, 0.29) is 11.8 Å². The molecule has 162 valence electrons. The van der Waals surface area contributed by atoms with E-state index in [1.807, 2.05) is 29.2 Å². The number of likely N-dealkylation sites (tertiary alicyclic amines) is 1. The van der Waals surface area contributed by atoms with E-state index in [1.165, 1.54) is 11.3 Å². The molecule has 4 rings (SSSR count). The maximum atomic E-state index is 12.9. The quantitative estimate of drug-likeness (QED) is 0.731. The number of thiophene rings is 1. The normalized spacial score (nSPS) is 20.3. The van der Waals surface area contributed by atoms with Crippen LogP contribution in [-0.2, 0) is 21.4 Å². The third-order valence-corrected chi connectivity index (χ3v) is 8.41. The molecule has 0 bridgehead atoms. The van der Waals surface area contributed by atoms with Crippen molar-refractivity contribution >= 4 is 27.3 Å². The Morgan fingerprint density at radius 1 is 1.20 bits per heavy atom. The molecule has 1 aromatic carbocycles. The van der Waals surface area contributed by atoms with Gasteiger partial charge in [0.1, 0.15) is 16.6 Å². The molecule has 1 fully saturated rings. The second-order valence-corrected chi connectivity index (χ2v) is 10.7. The topological polar surface area (TPSA) is 79.0 Å². The number of ether oxygens (including phenoxy) is 1. The minimum atomic E-state index is -3.47. The third kappa shape index (κ3) is 5.21. The predicted octanol–water partition coefficient (Wildman–Crippen LogP) is 2.16. The van der Waals surface area contributed by atoms with E-state index in [0.29, 0.717) is 43.5 Å². The Morgan fingerprint density at radius 3 is 2.90 bits per heavy atom. The van der Waals surface area contributed by atoms with Crippen molar-refractivity contribution in [1.29, 1.82) is 0 Å². The first-order valence-electron chi connectivity index (χ1n) is 10.3. The minimum Gasteiger partial charge on any atom is -0.492 e. The Bertz CT molecular complexity index is 962. The fourth-order valence-electron chi connectivity index (χ4n) is 3.98. The Kier molecular flexibility index (Phi) is 6.72. The summed E-state index contributed by atoms with van der Waals surface area (Å²) in [5, 5.41) is 1.75. The van der Waals surface area contributed by atoms with E-state index >= 15 is 0 Å². The van der Waals surface area contributed by atoms with Crippen LogP contribution in [-0.4, -0.2) is 63.5 Å². The van der Waals surface area contributed by atoms with Crippen molar-refractivity contribution in [3.8, 4) is 5.75 Å². The lowest BCUT2D eigenvalue weighted by atomic mass is 9.98. The highest BCUT2D eigenvalue weighted by Crippen LogP contribution is 2.23. The van der Waals surface area contributed by atoms with Crippen molar-refractivity contribution in [2.75, 3.05) is 39.3 Å². The van der Waals surface area contributed by atoms with Crippen LogP contribution in [0.3, 0.4) is 0 Å². The molecule has 2 aliphatic heterocycles. The van der Waals surface area contributed by atoms with Crippen molar-refractivity contribution in [2.24, 2.45) is 5.92 Å². The molecular formula is C21H27N3O4S2. The number of hydrogen-bond donors (Lipinski definition) is 1. The van der Waals surface area contributed by atoms with Crippen LogP contribution in [0.2, 0.25) is 0 Å². The van der Waals surface area contributed by atoms with Gasteiger partial charge in [-0.15, -0.1) is 11.3 Å². The van der Waals surface area contributed by atoms with Crippen molar-refractivity contribution in [3.05, 3.63) is 47.3 Å². The summed E-state index contributed by atoms with van der Waals surface area (Å²) in [5.74, 6) is 1.12. The fourth-order valence-corrected chi connectivity index (χ4v) is 6.13. The van der Waals surface area contributed by atoms with Crippen LogP contribution < -0.4 is 9.46 Å². The van der Waals surface area contributed by atoms with Gasteiger partial charge < -0.3 is 9.64 Å². The molecule has 1 saturated heterocycles. The summed E-state index contributed by atoms with van der Waals surface area (Å²) in [4.78, 5) is 16.9. The summed E-state index contributed by atoms with van der Waals surface area (Å²) in [5.41, 5.74) is 1.10. The van der Waals surface area contributed by atoms with Gasteiger partial charge in [-0.3, -0.25) is 9.69 Å². The lowest BCUT2D eigenvalue weighted by molar-refractivity contribution is -0.134. The molecule has 2 aromatic rings. The van der Waals surface area contributed by atoms with E-state index in [1.54, 1.807) is 17.5 Å². The first-order chi connectivity index (χ1) is 14.5. The van der Waals surface area contributed by atoms with Crippen LogP contribution in [0.5, 0.6) is 5.75 Å². The molecule has 1 atom stereocenters. The second kappa shape index (κ2) is 9.47. The molecule has 1 aromatic heterocycles. The smallest absolute Gasteiger partial charge is 0.250 e. The Morgan fingerprint density at radius 2 is 2.07 bits per heavy atom. The molecule has 2 aliphatic rings. The van der Waals surface area contributed by atoms with Gasteiger partial charge in [0.25, 0.3) is 0 Å². The van der Waals surface area contributed by atoms with E-state index in [0.717, 1.165) is 30.7 Å². The van der Waals surface area contributed by atoms with Crippen molar-refractivity contribution in [2.45, 2.75) is 23.6 Å². The number of amides is 1. The average molecular weight is 450 g/mol. The van der Waals surface area contributed by atoms with Gasteiger partial charge in [0.15, 0.2) is 0 Å². The molecule has 0 saturated carbocycles. The molecule has 9 heteroatoms. The van der Waals surface area contributed by atoms with Crippen molar-refractivity contribution < 1.29 is 17.9 Å². The predicted molar refractivity (Wildman–Crippen MR) is 116 cm³/mol. The van der Waals surface area contributed by atoms with Crippen molar-refractivity contribution in [1.82, 2.24) is 14.5 Å². The van der Waals surface area contributed by atoms with Gasteiger partial charge in [0.2, 0.25) is 15.9 Å². The minimum absolute atomic E-state index is 0.0974. The standard InChI is InChI=1S/C21H27N3O4S2/c25-20(16-23-10-11-28-19-7-2-1-6-18(19)15-23)24-9-3-5-17(14-24)13-22-30(26,27)21-8-4-12-29-21/h1-2,4,6-8,12,17,22H,3,5,9-11,13-16H2/t17-/m0/s1. The number of benzene rings is 1. The van der Waals surface area contributed by atoms with Crippen LogP contribution in [0.1, 0.15) is 18.4 Å². The van der Waals surface area contributed by atoms with Gasteiger partial charge in [-0.1, -0.05) is 24.3 Å². The molecule has 7 nitrogen and oxygen atoms in total. The zero-order chi connectivity index (χ0) is 21.0. The highest BCUT2D eigenvalue weighted by Gasteiger charge is 2.27. The molecule has 0 aliphatic carbocycles. The van der Waals surface area contributed by atoms with Gasteiger partial charge in [0.05, 0.1) is 6.54 Å². The lowest BCUT2D eigenvalue weighted by Gasteiger charge is -2.34. The summed E-state index contributed by atoms with van der Waals surface area (Å²) >= 11 is 1.21. The number of carbonyl (C=O) groups excluding carboxylic acids is 1. The molecule has 0 spiro atoms. The summed E-state index contributed by atoms with van der Waals surface area (Å²) in [6, 6.07) is 11.3. The number of fused-ring (bicyclic) bond motifs is 1. The van der Waals surface area contributed by atoms with E-state index in [4.69, 9.17) is 4.74 Å². The monoisotopic (exact) mass is 449 g/mol. The summed E-state index contributed by atoms with van der Waals surface area (Å²) < 4.78 is 33.5.